The standard InChI is InChI=1S/C11H11N3O4/c1-6(9-12-2-3-13-9)14-10(15)8-4-7(5-18-8)11(16)17/h2-6H,1H3,(H,12,13)(H,14,15)(H,16,17). The van der Waals surface area contributed by atoms with Crippen molar-refractivity contribution in [2.45, 2.75) is 13.0 Å². The molecule has 1 atom stereocenters. The molecule has 0 aliphatic heterocycles. The number of aromatic carboxylic acids is 1. The number of nitrogens with zero attached hydrogens (tertiary/aromatic N) is 1. The van der Waals surface area contributed by atoms with Crippen LogP contribution in [0.2, 0.25) is 0 Å². The molecule has 2 rings (SSSR count). The van der Waals surface area contributed by atoms with Gasteiger partial charge in [-0.2, -0.15) is 0 Å². The van der Waals surface area contributed by atoms with Gasteiger partial charge in [-0.15, -0.1) is 0 Å². The van der Waals surface area contributed by atoms with Crippen molar-refractivity contribution in [1.82, 2.24) is 15.3 Å². The first kappa shape index (κ1) is 11.9. The first-order valence-corrected chi connectivity index (χ1v) is 5.20. The number of rotatable bonds is 4. The van der Waals surface area contributed by atoms with Crippen molar-refractivity contribution in [3.63, 3.8) is 0 Å². The number of imidazole rings is 1. The van der Waals surface area contributed by atoms with E-state index in [2.05, 4.69) is 15.3 Å². The number of aromatic amines is 1. The van der Waals surface area contributed by atoms with Gasteiger partial charge in [-0.3, -0.25) is 4.79 Å². The molecule has 2 aromatic heterocycles. The monoisotopic (exact) mass is 249 g/mol. The average Bonchev–Trinajstić information content (AvgIpc) is 3.00. The van der Waals surface area contributed by atoms with E-state index in [0.717, 1.165) is 6.26 Å². The minimum Gasteiger partial charge on any atom is -0.478 e. The lowest BCUT2D eigenvalue weighted by molar-refractivity contribution is 0.0695. The normalized spacial score (nSPS) is 12.1. The third-order valence-corrected chi connectivity index (χ3v) is 2.35. The molecule has 0 aromatic carbocycles. The van der Waals surface area contributed by atoms with Gasteiger partial charge in [-0.25, -0.2) is 9.78 Å². The van der Waals surface area contributed by atoms with Crippen molar-refractivity contribution in [2.24, 2.45) is 0 Å². The van der Waals surface area contributed by atoms with E-state index in [0.29, 0.717) is 5.82 Å². The van der Waals surface area contributed by atoms with Crippen LogP contribution >= 0.6 is 0 Å². The van der Waals surface area contributed by atoms with E-state index in [9.17, 15) is 9.59 Å². The van der Waals surface area contributed by atoms with Crippen molar-refractivity contribution in [3.05, 3.63) is 41.9 Å². The zero-order chi connectivity index (χ0) is 13.1. The maximum Gasteiger partial charge on any atom is 0.338 e. The highest BCUT2D eigenvalue weighted by Gasteiger charge is 2.17. The zero-order valence-corrected chi connectivity index (χ0v) is 9.51. The highest BCUT2D eigenvalue weighted by atomic mass is 16.4. The zero-order valence-electron chi connectivity index (χ0n) is 9.51. The summed E-state index contributed by atoms with van der Waals surface area (Å²) in [5, 5.41) is 11.3. The van der Waals surface area contributed by atoms with Crippen molar-refractivity contribution in [2.75, 3.05) is 0 Å². The Kier molecular flexibility index (Phi) is 3.13. The van der Waals surface area contributed by atoms with Gasteiger partial charge in [0.1, 0.15) is 12.1 Å². The molecule has 94 valence electrons. The van der Waals surface area contributed by atoms with Gasteiger partial charge in [0.2, 0.25) is 0 Å². The first-order chi connectivity index (χ1) is 8.58. The average molecular weight is 249 g/mol. The van der Waals surface area contributed by atoms with E-state index >= 15 is 0 Å². The fourth-order valence-corrected chi connectivity index (χ4v) is 1.42. The number of carboxylic acid groups (broad SMARTS) is 1. The molecule has 1 unspecified atom stereocenters. The number of furan rings is 1. The predicted octanol–water partition coefficient (Wildman–Crippen LogP) is 1.19. The summed E-state index contributed by atoms with van der Waals surface area (Å²) in [5.74, 6) is -1.08. The summed E-state index contributed by atoms with van der Waals surface area (Å²) in [6.45, 7) is 1.75. The molecule has 0 radical (unpaired) electrons. The minimum atomic E-state index is -1.14. The van der Waals surface area contributed by atoms with Crippen LogP contribution in [0.5, 0.6) is 0 Å². The molecule has 3 N–H and O–H groups in total. The number of carboxylic acids is 1. The van der Waals surface area contributed by atoms with Gasteiger partial charge in [-0.1, -0.05) is 0 Å². The van der Waals surface area contributed by atoms with Crippen molar-refractivity contribution < 1.29 is 19.1 Å². The van der Waals surface area contributed by atoms with Crippen molar-refractivity contribution in [1.29, 1.82) is 0 Å². The van der Waals surface area contributed by atoms with Crippen LogP contribution in [0, 0.1) is 0 Å². The molecule has 7 heteroatoms. The maximum atomic E-state index is 11.7. The van der Waals surface area contributed by atoms with Crippen LogP contribution in [0.25, 0.3) is 0 Å². The molecule has 0 saturated heterocycles. The molecule has 18 heavy (non-hydrogen) atoms. The van der Waals surface area contributed by atoms with Gasteiger partial charge >= 0.3 is 5.97 Å². The largest absolute Gasteiger partial charge is 0.478 e. The first-order valence-electron chi connectivity index (χ1n) is 5.20. The molecular formula is C11H11N3O4. The van der Waals surface area contributed by atoms with E-state index in [4.69, 9.17) is 9.52 Å². The quantitative estimate of drug-likeness (QED) is 0.754. The van der Waals surface area contributed by atoms with E-state index in [1.54, 1.807) is 19.3 Å². The lowest BCUT2D eigenvalue weighted by Crippen LogP contribution is -2.27. The number of nitrogens with one attached hydrogen (secondary N) is 2. The predicted molar refractivity (Wildman–Crippen MR) is 60.1 cm³/mol. The van der Waals surface area contributed by atoms with Gasteiger partial charge in [0.25, 0.3) is 5.91 Å². The summed E-state index contributed by atoms with van der Waals surface area (Å²) >= 11 is 0. The van der Waals surface area contributed by atoms with Crippen LogP contribution in [0.15, 0.2) is 29.1 Å². The Morgan fingerprint density at radius 1 is 1.56 bits per heavy atom. The van der Waals surface area contributed by atoms with E-state index in [1.165, 1.54) is 6.07 Å². The molecule has 2 aromatic rings. The summed E-state index contributed by atoms with van der Waals surface area (Å²) in [6, 6.07) is 0.845. The Morgan fingerprint density at radius 3 is 2.89 bits per heavy atom. The smallest absolute Gasteiger partial charge is 0.338 e. The Bertz CT molecular complexity index is 559. The van der Waals surface area contributed by atoms with Crippen molar-refractivity contribution >= 4 is 11.9 Å². The summed E-state index contributed by atoms with van der Waals surface area (Å²) in [5.41, 5.74) is -0.0641. The van der Waals surface area contributed by atoms with Crippen LogP contribution in [-0.4, -0.2) is 27.0 Å². The van der Waals surface area contributed by atoms with Gasteiger partial charge in [0, 0.05) is 18.5 Å². The van der Waals surface area contributed by atoms with Crippen molar-refractivity contribution in [3.8, 4) is 0 Å². The van der Waals surface area contributed by atoms with Gasteiger partial charge in [0.15, 0.2) is 5.76 Å². The highest BCUT2D eigenvalue weighted by Crippen LogP contribution is 2.11. The Balaban J connectivity index is 2.05. The fraction of sp³-hybridized carbons (Fsp3) is 0.182. The molecule has 1 amide bonds. The molecule has 0 bridgehead atoms. The summed E-state index contributed by atoms with van der Waals surface area (Å²) in [7, 11) is 0. The highest BCUT2D eigenvalue weighted by molar-refractivity contribution is 5.95. The summed E-state index contributed by atoms with van der Waals surface area (Å²) in [6.07, 6.45) is 4.25. The number of aromatic nitrogens is 2. The van der Waals surface area contributed by atoms with E-state index in [-0.39, 0.29) is 17.4 Å². The Morgan fingerprint density at radius 2 is 2.33 bits per heavy atom. The summed E-state index contributed by atoms with van der Waals surface area (Å²) < 4.78 is 4.88. The second-order valence-electron chi connectivity index (χ2n) is 3.67. The molecular weight excluding hydrogens is 238 g/mol. The Labute approximate surface area is 102 Å². The second kappa shape index (κ2) is 4.74. The van der Waals surface area contributed by atoms with Crippen LogP contribution in [0.4, 0.5) is 0 Å². The number of H-pyrrole nitrogens is 1. The minimum absolute atomic E-state index is 0.0502. The third kappa shape index (κ3) is 2.40. The molecule has 2 heterocycles. The number of hydrogen-bond donors (Lipinski definition) is 3. The van der Waals surface area contributed by atoms with Gasteiger partial charge < -0.3 is 19.8 Å². The van der Waals surface area contributed by atoms with E-state index < -0.39 is 11.9 Å². The molecule has 0 aliphatic rings. The van der Waals surface area contributed by atoms with Gasteiger partial charge in [-0.05, 0) is 6.92 Å². The third-order valence-electron chi connectivity index (χ3n) is 2.35. The maximum absolute atomic E-state index is 11.7. The molecule has 0 saturated carbocycles. The van der Waals surface area contributed by atoms with E-state index in [1.807, 2.05) is 0 Å². The van der Waals surface area contributed by atoms with Crippen LogP contribution in [-0.2, 0) is 0 Å². The van der Waals surface area contributed by atoms with Gasteiger partial charge in [0.05, 0.1) is 11.6 Å². The Hall–Kier alpha value is -2.57. The SMILES string of the molecule is CC(NC(=O)c1cc(C(=O)O)co1)c1ncc[nH]1. The number of hydrogen-bond acceptors (Lipinski definition) is 4. The van der Waals surface area contributed by atoms with Crippen LogP contribution in [0.1, 0.15) is 39.7 Å². The topological polar surface area (TPSA) is 108 Å². The number of carbonyl (C=O) groups excluding carboxylic acids is 1. The lowest BCUT2D eigenvalue weighted by atomic mass is 10.2. The van der Waals surface area contributed by atoms with Crippen LogP contribution in [0.3, 0.4) is 0 Å². The fourth-order valence-electron chi connectivity index (χ4n) is 1.42. The number of carbonyl (C=O) groups is 2. The van der Waals surface area contributed by atoms with Crippen LogP contribution < -0.4 is 5.32 Å². The lowest BCUT2D eigenvalue weighted by Gasteiger charge is -2.09. The molecule has 0 spiro atoms. The number of amides is 1. The second-order valence-corrected chi connectivity index (χ2v) is 3.67. The summed E-state index contributed by atoms with van der Waals surface area (Å²) in [4.78, 5) is 29.3. The molecule has 0 fully saturated rings. The molecule has 7 nitrogen and oxygen atoms in total. The molecule has 0 aliphatic carbocycles.